The summed E-state index contributed by atoms with van der Waals surface area (Å²) in [4.78, 5) is 37.8. The number of carbonyl (C=O) groups excluding carboxylic acids is 2. The molecule has 7 nitrogen and oxygen atoms in total. The van der Waals surface area contributed by atoms with E-state index < -0.39 is 22.7 Å². The van der Waals surface area contributed by atoms with E-state index in [1.165, 1.54) is 29.2 Å². The van der Waals surface area contributed by atoms with Crippen LogP contribution in [0.15, 0.2) is 84.4 Å². The summed E-state index contributed by atoms with van der Waals surface area (Å²) in [5, 5.41) is 22.1. The number of Topliss-reactive ketones (excluding diaryl/α,β-unsaturated/α-hetero) is 1. The molecule has 0 spiro atoms. The molecule has 1 atom stereocenters. The van der Waals surface area contributed by atoms with Crippen molar-refractivity contribution in [3.63, 3.8) is 0 Å². The van der Waals surface area contributed by atoms with Crippen LogP contribution in [0.25, 0.3) is 5.76 Å². The minimum atomic E-state index is -0.926. The fourth-order valence-electron chi connectivity index (χ4n) is 3.65. The molecule has 3 aromatic rings. The Labute approximate surface area is 178 Å². The average molecular weight is 414 g/mol. The summed E-state index contributed by atoms with van der Waals surface area (Å²) in [7, 11) is 0. The molecule has 1 fully saturated rings. The van der Waals surface area contributed by atoms with Gasteiger partial charge in [-0.1, -0.05) is 48.0 Å². The van der Waals surface area contributed by atoms with Crippen molar-refractivity contribution in [3.8, 4) is 0 Å². The Bertz CT molecular complexity index is 1200. The fourth-order valence-corrected chi connectivity index (χ4v) is 3.65. The first-order valence-electron chi connectivity index (χ1n) is 9.56. The van der Waals surface area contributed by atoms with Gasteiger partial charge in [0.1, 0.15) is 5.76 Å². The van der Waals surface area contributed by atoms with Gasteiger partial charge in [-0.25, -0.2) is 0 Å². The summed E-state index contributed by atoms with van der Waals surface area (Å²) < 4.78 is 0. The number of amides is 1. The summed E-state index contributed by atoms with van der Waals surface area (Å²) in [5.74, 6) is -1.88. The number of anilines is 1. The molecule has 31 heavy (non-hydrogen) atoms. The summed E-state index contributed by atoms with van der Waals surface area (Å²) in [6, 6.07) is 20.3. The third kappa shape index (κ3) is 3.57. The fraction of sp³-hybridized carbons (Fsp3) is 0.0833. The highest BCUT2D eigenvalue weighted by Crippen LogP contribution is 2.42. The van der Waals surface area contributed by atoms with Crippen LogP contribution in [0.3, 0.4) is 0 Å². The average Bonchev–Trinajstić information content (AvgIpc) is 3.05. The molecule has 154 valence electrons. The first kappa shape index (κ1) is 20.0. The van der Waals surface area contributed by atoms with E-state index in [9.17, 15) is 24.8 Å². The number of nitrogens with zero attached hydrogens (tertiary/aromatic N) is 2. The number of carbonyl (C=O) groups is 2. The van der Waals surface area contributed by atoms with E-state index in [0.717, 1.165) is 5.56 Å². The van der Waals surface area contributed by atoms with Crippen molar-refractivity contribution < 1.29 is 19.6 Å². The SMILES string of the molecule is Cc1ccc(/C(O)=C2/C(=O)C(=O)N(c3ccccc3)C2c2ccc([N+](=O)[O-])cc2)cc1. The molecular weight excluding hydrogens is 396 g/mol. The molecule has 1 aliphatic heterocycles. The summed E-state index contributed by atoms with van der Waals surface area (Å²) in [5.41, 5.74) is 2.17. The second-order valence-corrected chi connectivity index (χ2v) is 7.22. The van der Waals surface area contributed by atoms with Crippen molar-refractivity contribution in [3.05, 3.63) is 111 Å². The lowest BCUT2D eigenvalue weighted by molar-refractivity contribution is -0.384. The number of nitro benzene ring substituents is 1. The van der Waals surface area contributed by atoms with Gasteiger partial charge < -0.3 is 5.11 Å². The molecule has 0 aliphatic carbocycles. The number of non-ortho nitro benzene ring substituents is 1. The normalized spacial score (nSPS) is 17.7. The zero-order valence-corrected chi connectivity index (χ0v) is 16.6. The van der Waals surface area contributed by atoms with E-state index in [2.05, 4.69) is 0 Å². The number of rotatable bonds is 4. The second-order valence-electron chi connectivity index (χ2n) is 7.22. The van der Waals surface area contributed by atoms with Crippen molar-refractivity contribution in [2.24, 2.45) is 0 Å². The van der Waals surface area contributed by atoms with E-state index in [0.29, 0.717) is 16.8 Å². The van der Waals surface area contributed by atoms with Crippen molar-refractivity contribution in [2.75, 3.05) is 4.90 Å². The number of nitro groups is 1. The molecule has 0 radical (unpaired) electrons. The minimum absolute atomic E-state index is 0.0634. The number of para-hydroxylation sites is 1. The van der Waals surface area contributed by atoms with Gasteiger partial charge in [-0.2, -0.15) is 0 Å². The van der Waals surface area contributed by atoms with Crippen LogP contribution in [0.5, 0.6) is 0 Å². The van der Waals surface area contributed by atoms with Crippen LogP contribution >= 0.6 is 0 Å². The predicted octanol–water partition coefficient (Wildman–Crippen LogP) is 4.53. The molecule has 4 rings (SSSR count). The lowest BCUT2D eigenvalue weighted by atomic mass is 9.94. The van der Waals surface area contributed by atoms with Crippen LogP contribution in [0, 0.1) is 17.0 Å². The van der Waals surface area contributed by atoms with Crippen LogP contribution < -0.4 is 4.90 Å². The van der Waals surface area contributed by atoms with Crippen molar-refractivity contribution >= 4 is 28.8 Å². The summed E-state index contributed by atoms with van der Waals surface area (Å²) in [6.07, 6.45) is 0. The summed E-state index contributed by atoms with van der Waals surface area (Å²) >= 11 is 0. The highest BCUT2D eigenvalue weighted by Gasteiger charge is 2.47. The molecule has 1 aliphatic rings. The third-order valence-corrected chi connectivity index (χ3v) is 5.22. The highest BCUT2D eigenvalue weighted by molar-refractivity contribution is 6.51. The van der Waals surface area contributed by atoms with Crippen molar-refractivity contribution in [1.82, 2.24) is 0 Å². The molecule has 1 saturated heterocycles. The number of ketones is 1. The number of aliphatic hydroxyl groups excluding tert-OH is 1. The van der Waals surface area contributed by atoms with Gasteiger partial charge in [-0.3, -0.25) is 24.6 Å². The van der Waals surface area contributed by atoms with Crippen molar-refractivity contribution in [1.29, 1.82) is 0 Å². The molecule has 3 aromatic carbocycles. The smallest absolute Gasteiger partial charge is 0.300 e. The highest BCUT2D eigenvalue weighted by atomic mass is 16.6. The molecule has 0 aromatic heterocycles. The Morgan fingerprint density at radius 3 is 2.13 bits per heavy atom. The van der Waals surface area contributed by atoms with Crippen LogP contribution in [0.4, 0.5) is 11.4 Å². The molecular formula is C24H18N2O5. The van der Waals surface area contributed by atoms with Crippen LogP contribution in [-0.4, -0.2) is 21.7 Å². The molecule has 1 amide bonds. The second kappa shape index (κ2) is 7.87. The van der Waals surface area contributed by atoms with E-state index in [1.54, 1.807) is 54.6 Å². The lowest BCUT2D eigenvalue weighted by Crippen LogP contribution is -2.29. The predicted molar refractivity (Wildman–Crippen MR) is 116 cm³/mol. The Morgan fingerprint density at radius 2 is 1.55 bits per heavy atom. The number of aliphatic hydroxyl groups is 1. The Balaban J connectivity index is 1.92. The first-order chi connectivity index (χ1) is 14.9. The van der Waals surface area contributed by atoms with Gasteiger partial charge in [-0.05, 0) is 36.8 Å². The number of hydrogen-bond acceptors (Lipinski definition) is 5. The Kier molecular flexibility index (Phi) is 5.09. The number of aryl methyl sites for hydroxylation is 1. The van der Waals surface area contributed by atoms with Gasteiger partial charge in [0.2, 0.25) is 0 Å². The van der Waals surface area contributed by atoms with Gasteiger partial charge in [0, 0.05) is 23.4 Å². The molecule has 7 heteroatoms. The maximum atomic E-state index is 13.0. The monoisotopic (exact) mass is 414 g/mol. The molecule has 1 unspecified atom stereocenters. The van der Waals surface area contributed by atoms with E-state index >= 15 is 0 Å². The van der Waals surface area contributed by atoms with Crippen LogP contribution in [-0.2, 0) is 9.59 Å². The lowest BCUT2D eigenvalue weighted by Gasteiger charge is -2.25. The van der Waals surface area contributed by atoms with E-state index in [-0.39, 0.29) is 17.0 Å². The molecule has 1 N–H and O–H groups in total. The van der Waals surface area contributed by atoms with Gasteiger partial charge in [0.05, 0.1) is 16.5 Å². The van der Waals surface area contributed by atoms with Gasteiger partial charge >= 0.3 is 0 Å². The number of hydrogen-bond donors (Lipinski definition) is 1. The standard InChI is InChI=1S/C24H18N2O5/c1-15-7-9-17(10-8-15)22(27)20-21(16-11-13-19(14-12-16)26(30)31)25(24(29)23(20)28)18-5-3-2-4-6-18/h2-14,21,27H,1H3/b22-20-. The molecule has 0 bridgehead atoms. The van der Waals surface area contributed by atoms with Crippen LogP contribution in [0.2, 0.25) is 0 Å². The van der Waals surface area contributed by atoms with E-state index in [4.69, 9.17) is 0 Å². The maximum absolute atomic E-state index is 13.0. The van der Waals surface area contributed by atoms with Gasteiger partial charge in [0.15, 0.2) is 0 Å². The molecule has 1 heterocycles. The zero-order chi connectivity index (χ0) is 22.1. The Morgan fingerprint density at radius 1 is 0.935 bits per heavy atom. The summed E-state index contributed by atoms with van der Waals surface area (Å²) in [6.45, 7) is 1.90. The van der Waals surface area contributed by atoms with E-state index in [1.807, 2.05) is 6.92 Å². The number of benzene rings is 3. The van der Waals surface area contributed by atoms with Crippen LogP contribution in [0.1, 0.15) is 22.7 Å². The maximum Gasteiger partial charge on any atom is 0.300 e. The molecule has 0 saturated carbocycles. The Hall–Kier alpha value is -4.26. The largest absolute Gasteiger partial charge is 0.507 e. The first-order valence-corrected chi connectivity index (χ1v) is 9.56. The van der Waals surface area contributed by atoms with Gasteiger partial charge in [0.25, 0.3) is 17.4 Å². The quantitative estimate of drug-likeness (QED) is 0.222. The van der Waals surface area contributed by atoms with Gasteiger partial charge in [-0.15, -0.1) is 0 Å². The topological polar surface area (TPSA) is 101 Å². The van der Waals surface area contributed by atoms with Crippen molar-refractivity contribution in [2.45, 2.75) is 13.0 Å². The minimum Gasteiger partial charge on any atom is -0.507 e. The third-order valence-electron chi connectivity index (χ3n) is 5.22. The zero-order valence-electron chi connectivity index (χ0n) is 16.6.